The van der Waals surface area contributed by atoms with Gasteiger partial charge in [-0.05, 0) is 31.6 Å². The van der Waals surface area contributed by atoms with E-state index in [1.807, 2.05) is 30.9 Å². The Morgan fingerprint density at radius 1 is 1.71 bits per heavy atom. The monoisotopic (exact) mass is 211 g/mol. The molecular formula is C10H17N3S. The van der Waals surface area contributed by atoms with Gasteiger partial charge in [-0.2, -0.15) is 16.9 Å². The molecule has 1 aliphatic rings. The van der Waals surface area contributed by atoms with Crippen molar-refractivity contribution in [3.8, 4) is 0 Å². The Hall–Kier alpha value is -0.480. The topological polar surface area (TPSA) is 43.8 Å². The molecule has 0 spiro atoms. The van der Waals surface area contributed by atoms with Gasteiger partial charge in [0.15, 0.2) is 0 Å². The van der Waals surface area contributed by atoms with Crippen molar-refractivity contribution in [2.24, 2.45) is 5.73 Å². The molecule has 0 aromatic carbocycles. The molecule has 0 amide bonds. The summed E-state index contributed by atoms with van der Waals surface area (Å²) in [6.07, 6.45) is 4.40. The van der Waals surface area contributed by atoms with E-state index in [4.69, 9.17) is 5.73 Å². The minimum Gasteiger partial charge on any atom is -0.323 e. The van der Waals surface area contributed by atoms with Crippen molar-refractivity contribution in [3.63, 3.8) is 0 Å². The van der Waals surface area contributed by atoms with E-state index >= 15 is 0 Å². The molecule has 1 aromatic heterocycles. The first kappa shape index (κ1) is 10.1. The zero-order chi connectivity index (χ0) is 9.97. The Bertz CT molecular complexity index is 289. The van der Waals surface area contributed by atoms with Gasteiger partial charge in [0.25, 0.3) is 0 Å². The number of aromatic nitrogens is 2. The number of rotatable bonds is 2. The van der Waals surface area contributed by atoms with Gasteiger partial charge >= 0.3 is 0 Å². The van der Waals surface area contributed by atoms with E-state index in [1.54, 1.807) is 0 Å². The van der Waals surface area contributed by atoms with Crippen molar-refractivity contribution in [3.05, 3.63) is 18.0 Å². The van der Waals surface area contributed by atoms with Gasteiger partial charge in [0.1, 0.15) is 0 Å². The van der Waals surface area contributed by atoms with Crippen molar-refractivity contribution in [2.45, 2.75) is 31.8 Å². The Labute approximate surface area is 89.1 Å². The summed E-state index contributed by atoms with van der Waals surface area (Å²) in [4.78, 5) is 0. The van der Waals surface area contributed by atoms with Crippen LogP contribution >= 0.6 is 11.8 Å². The molecule has 14 heavy (non-hydrogen) atoms. The number of thioether (sulfide) groups is 1. The van der Waals surface area contributed by atoms with Crippen LogP contribution in [0.2, 0.25) is 0 Å². The molecule has 2 rings (SSSR count). The maximum atomic E-state index is 5.90. The van der Waals surface area contributed by atoms with Crippen LogP contribution in [-0.2, 0) is 0 Å². The highest BCUT2D eigenvalue weighted by Gasteiger charge is 2.19. The SMILES string of the molecule is CC(N)c1ccnn1C1CCCSC1. The van der Waals surface area contributed by atoms with E-state index in [0.717, 1.165) is 5.69 Å². The van der Waals surface area contributed by atoms with Gasteiger partial charge in [-0.3, -0.25) is 4.68 Å². The second-order valence-electron chi connectivity index (χ2n) is 3.86. The summed E-state index contributed by atoms with van der Waals surface area (Å²) < 4.78 is 2.12. The van der Waals surface area contributed by atoms with Gasteiger partial charge in [0, 0.05) is 18.0 Å². The fourth-order valence-electron chi connectivity index (χ4n) is 1.91. The van der Waals surface area contributed by atoms with Crippen LogP contribution in [0.5, 0.6) is 0 Å². The van der Waals surface area contributed by atoms with Crippen LogP contribution in [0.25, 0.3) is 0 Å². The van der Waals surface area contributed by atoms with E-state index in [9.17, 15) is 0 Å². The summed E-state index contributed by atoms with van der Waals surface area (Å²) in [5.74, 6) is 2.48. The summed E-state index contributed by atoms with van der Waals surface area (Å²) in [7, 11) is 0. The molecule has 1 saturated heterocycles. The van der Waals surface area contributed by atoms with Gasteiger partial charge in [-0.15, -0.1) is 0 Å². The molecule has 2 heterocycles. The molecule has 2 atom stereocenters. The molecule has 3 nitrogen and oxygen atoms in total. The minimum absolute atomic E-state index is 0.0874. The number of nitrogens with two attached hydrogens (primary N) is 1. The third-order valence-electron chi connectivity index (χ3n) is 2.65. The standard InChI is InChI=1S/C10H17N3S/c1-8(11)10-4-5-12-13(10)9-3-2-6-14-7-9/h4-5,8-9H,2-3,6-7,11H2,1H3. The number of nitrogens with zero attached hydrogens (tertiary/aromatic N) is 2. The Balaban J connectivity index is 2.17. The van der Waals surface area contributed by atoms with Crippen LogP contribution in [0.3, 0.4) is 0 Å². The summed E-state index contributed by atoms with van der Waals surface area (Å²) in [6, 6.07) is 2.68. The Morgan fingerprint density at radius 2 is 2.57 bits per heavy atom. The lowest BCUT2D eigenvalue weighted by Crippen LogP contribution is -2.22. The fourth-order valence-corrected chi connectivity index (χ4v) is 3.02. The van der Waals surface area contributed by atoms with Crippen molar-refractivity contribution < 1.29 is 0 Å². The first-order chi connectivity index (χ1) is 6.79. The van der Waals surface area contributed by atoms with E-state index in [0.29, 0.717) is 6.04 Å². The first-order valence-electron chi connectivity index (χ1n) is 5.16. The number of hydrogen-bond donors (Lipinski definition) is 1. The van der Waals surface area contributed by atoms with Crippen LogP contribution in [0.15, 0.2) is 12.3 Å². The number of hydrogen-bond acceptors (Lipinski definition) is 3. The van der Waals surface area contributed by atoms with Crippen molar-refractivity contribution in [2.75, 3.05) is 11.5 Å². The second-order valence-corrected chi connectivity index (χ2v) is 5.01. The zero-order valence-electron chi connectivity index (χ0n) is 8.52. The fraction of sp³-hybridized carbons (Fsp3) is 0.700. The van der Waals surface area contributed by atoms with Crippen molar-refractivity contribution in [1.82, 2.24) is 9.78 Å². The predicted molar refractivity (Wildman–Crippen MR) is 60.4 cm³/mol. The molecule has 1 aliphatic heterocycles. The van der Waals surface area contributed by atoms with Gasteiger partial charge < -0.3 is 5.73 Å². The third kappa shape index (κ3) is 1.96. The summed E-state index contributed by atoms with van der Waals surface area (Å²) in [6.45, 7) is 2.02. The molecule has 4 heteroatoms. The van der Waals surface area contributed by atoms with Crippen LogP contribution in [0.1, 0.15) is 37.5 Å². The second kappa shape index (κ2) is 4.36. The largest absolute Gasteiger partial charge is 0.323 e. The Morgan fingerprint density at radius 3 is 3.21 bits per heavy atom. The molecule has 1 aromatic rings. The third-order valence-corrected chi connectivity index (χ3v) is 3.85. The molecule has 1 fully saturated rings. The molecule has 78 valence electrons. The molecule has 0 aliphatic carbocycles. The molecular weight excluding hydrogens is 194 g/mol. The summed E-state index contributed by atoms with van der Waals surface area (Å²) in [5.41, 5.74) is 7.06. The highest BCUT2D eigenvalue weighted by molar-refractivity contribution is 7.99. The molecule has 0 radical (unpaired) electrons. The van der Waals surface area contributed by atoms with E-state index < -0.39 is 0 Å². The average Bonchev–Trinajstić information content (AvgIpc) is 2.67. The van der Waals surface area contributed by atoms with Gasteiger partial charge in [0.2, 0.25) is 0 Å². The van der Waals surface area contributed by atoms with Crippen LogP contribution in [-0.4, -0.2) is 21.3 Å². The lowest BCUT2D eigenvalue weighted by atomic mass is 10.1. The van der Waals surface area contributed by atoms with Gasteiger partial charge in [0.05, 0.1) is 11.7 Å². The van der Waals surface area contributed by atoms with E-state index in [1.165, 1.54) is 24.3 Å². The lowest BCUT2D eigenvalue weighted by molar-refractivity contribution is 0.431. The molecule has 2 unspecified atom stereocenters. The van der Waals surface area contributed by atoms with Crippen LogP contribution < -0.4 is 5.73 Å². The van der Waals surface area contributed by atoms with Crippen LogP contribution in [0.4, 0.5) is 0 Å². The molecule has 0 saturated carbocycles. The normalized spacial score (nSPS) is 24.9. The Kier molecular flexibility index (Phi) is 3.13. The zero-order valence-corrected chi connectivity index (χ0v) is 9.33. The summed E-state index contributed by atoms with van der Waals surface area (Å²) >= 11 is 2.02. The van der Waals surface area contributed by atoms with Crippen molar-refractivity contribution in [1.29, 1.82) is 0 Å². The molecule has 2 N–H and O–H groups in total. The lowest BCUT2D eigenvalue weighted by Gasteiger charge is -2.24. The molecule has 0 bridgehead atoms. The van der Waals surface area contributed by atoms with E-state index in [-0.39, 0.29) is 6.04 Å². The maximum Gasteiger partial charge on any atom is 0.0613 e. The van der Waals surface area contributed by atoms with Gasteiger partial charge in [-0.1, -0.05) is 0 Å². The minimum atomic E-state index is 0.0874. The van der Waals surface area contributed by atoms with E-state index in [2.05, 4.69) is 9.78 Å². The van der Waals surface area contributed by atoms with Crippen molar-refractivity contribution >= 4 is 11.8 Å². The maximum absolute atomic E-state index is 5.90. The highest BCUT2D eigenvalue weighted by Crippen LogP contribution is 2.28. The smallest absolute Gasteiger partial charge is 0.0613 e. The average molecular weight is 211 g/mol. The predicted octanol–water partition coefficient (Wildman–Crippen LogP) is 1.97. The summed E-state index contributed by atoms with van der Waals surface area (Å²) in [5, 5.41) is 4.38. The first-order valence-corrected chi connectivity index (χ1v) is 6.31. The highest BCUT2D eigenvalue weighted by atomic mass is 32.2. The quantitative estimate of drug-likeness (QED) is 0.813. The van der Waals surface area contributed by atoms with Crippen LogP contribution in [0, 0.1) is 0 Å². The van der Waals surface area contributed by atoms with Gasteiger partial charge in [-0.25, -0.2) is 0 Å².